The SMILES string of the molecule is CC(C)OCc1ccc(NC(=O)N2C[C@H](C)OC(C)(C)C2)cc1. The molecule has 1 aliphatic rings. The highest BCUT2D eigenvalue weighted by atomic mass is 16.5. The molecule has 0 aromatic heterocycles. The van der Waals surface area contributed by atoms with Gasteiger partial charge in [0.25, 0.3) is 0 Å². The predicted molar refractivity (Wildman–Crippen MR) is 91.6 cm³/mol. The van der Waals surface area contributed by atoms with Gasteiger partial charge in [-0.15, -0.1) is 0 Å². The average molecular weight is 320 g/mol. The zero-order valence-corrected chi connectivity index (χ0v) is 14.8. The second-order valence-corrected chi connectivity index (χ2v) is 7.06. The van der Waals surface area contributed by atoms with Crippen LogP contribution < -0.4 is 5.32 Å². The maximum Gasteiger partial charge on any atom is 0.322 e. The molecule has 1 atom stereocenters. The summed E-state index contributed by atoms with van der Waals surface area (Å²) >= 11 is 0. The molecule has 0 saturated carbocycles. The Kier molecular flexibility index (Phi) is 5.65. The normalized spacial score (nSPS) is 20.6. The Morgan fingerprint density at radius 2 is 2.04 bits per heavy atom. The number of rotatable bonds is 4. The standard InChI is InChI=1S/C18H28N2O3/c1-13(2)22-11-15-6-8-16(9-7-15)19-17(21)20-10-14(3)23-18(4,5)12-20/h6-9,13-14H,10-12H2,1-5H3,(H,19,21)/t14-/m0/s1. The Bertz CT molecular complexity index is 526. The molecule has 0 aliphatic carbocycles. The van der Waals surface area contributed by atoms with E-state index in [1.54, 1.807) is 0 Å². The molecule has 2 rings (SSSR count). The van der Waals surface area contributed by atoms with Crippen molar-refractivity contribution >= 4 is 11.7 Å². The molecule has 0 bridgehead atoms. The molecule has 1 saturated heterocycles. The summed E-state index contributed by atoms with van der Waals surface area (Å²) in [5.41, 5.74) is 1.57. The molecular formula is C18H28N2O3. The third kappa shape index (κ3) is 5.52. The topological polar surface area (TPSA) is 50.8 Å². The van der Waals surface area contributed by atoms with Gasteiger partial charge in [-0.1, -0.05) is 12.1 Å². The van der Waals surface area contributed by atoms with E-state index in [9.17, 15) is 4.79 Å². The molecule has 5 heteroatoms. The number of benzene rings is 1. The van der Waals surface area contributed by atoms with Crippen LogP contribution in [0.25, 0.3) is 0 Å². The third-order valence-corrected chi connectivity index (χ3v) is 3.65. The fraction of sp³-hybridized carbons (Fsp3) is 0.611. The minimum atomic E-state index is -0.312. The van der Waals surface area contributed by atoms with E-state index >= 15 is 0 Å². The number of nitrogens with zero attached hydrogens (tertiary/aromatic N) is 1. The summed E-state index contributed by atoms with van der Waals surface area (Å²) < 4.78 is 11.4. The molecule has 1 fully saturated rings. The van der Waals surface area contributed by atoms with E-state index in [2.05, 4.69) is 5.32 Å². The molecule has 5 nitrogen and oxygen atoms in total. The van der Waals surface area contributed by atoms with Crippen molar-refractivity contribution in [1.82, 2.24) is 4.90 Å². The van der Waals surface area contributed by atoms with Crippen LogP contribution in [0.15, 0.2) is 24.3 Å². The first-order valence-electron chi connectivity index (χ1n) is 8.19. The largest absolute Gasteiger partial charge is 0.374 e. The van der Waals surface area contributed by atoms with Gasteiger partial charge in [0.15, 0.2) is 0 Å². The van der Waals surface area contributed by atoms with Crippen LogP contribution in [0, 0.1) is 0 Å². The van der Waals surface area contributed by atoms with Gasteiger partial charge >= 0.3 is 6.03 Å². The van der Waals surface area contributed by atoms with Gasteiger partial charge < -0.3 is 19.7 Å². The Morgan fingerprint density at radius 3 is 2.61 bits per heavy atom. The van der Waals surface area contributed by atoms with Gasteiger partial charge in [-0.05, 0) is 52.3 Å². The van der Waals surface area contributed by atoms with Crippen molar-refractivity contribution < 1.29 is 14.3 Å². The van der Waals surface area contributed by atoms with Gasteiger partial charge in [0, 0.05) is 12.2 Å². The van der Waals surface area contributed by atoms with Crippen LogP contribution in [-0.4, -0.2) is 41.8 Å². The van der Waals surface area contributed by atoms with Gasteiger partial charge in [0.2, 0.25) is 0 Å². The van der Waals surface area contributed by atoms with Crippen LogP contribution in [0.3, 0.4) is 0 Å². The highest BCUT2D eigenvalue weighted by Crippen LogP contribution is 2.21. The highest BCUT2D eigenvalue weighted by molar-refractivity contribution is 5.89. The number of hydrogen-bond acceptors (Lipinski definition) is 3. The monoisotopic (exact) mass is 320 g/mol. The van der Waals surface area contributed by atoms with E-state index < -0.39 is 0 Å². The number of nitrogens with one attached hydrogen (secondary N) is 1. The first-order valence-corrected chi connectivity index (χ1v) is 8.19. The number of ether oxygens (including phenoxy) is 2. The van der Waals surface area contributed by atoms with Gasteiger partial charge in [0.05, 0.1) is 31.0 Å². The molecule has 1 aromatic rings. The first-order chi connectivity index (χ1) is 10.7. The van der Waals surface area contributed by atoms with Crippen molar-refractivity contribution in [3.63, 3.8) is 0 Å². The van der Waals surface area contributed by atoms with Gasteiger partial charge in [-0.25, -0.2) is 4.79 Å². The first kappa shape index (κ1) is 17.8. The molecule has 23 heavy (non-hydrogen) atoms. The van der Waals surface area contributed by atoms with Crippen LogP contribution in [0.1, 0.15) is 40.2 Å². The van der Waals surface area contributed by atoms with E-state index in [4.69, 9.17) is 9.47 Å². The molecule has 0 spiro atoms. The molecule has 128 valence electrons. The molecule has 2 amide bonds. The van der Waals surface area contributed by atoms with Crippen LogP contribution in [-0.2, 0) is 16.1 Å². The lowest BCUT2D eigenvalue weighted by molar-refractivity contribution is -0.116. The Balaban J connectivity index is 1.92. The van der Waals surface area contributed by atoms with Gasteiger partial charge in [-0.3, -0.25) is 0 Å². The van der Waals surface area contributed by atoms with Crippen LogP contribution in [0.5, 0.6) is 0 Å². The summed E-state index contributed by atoms with van der Waals surface area (Å²) in [6.07, 6.45) is 0.251. The van der Waals surface area contributed by atoms with Crippen molar-refractivity contribution in [2.24, 2.45) is 0 Å². The minimum absolute atomic E-state index is 0.0417. The van der Waals surface area contributed by atoms with Crippen LogP contribution in [0.4, 0.5) is 10.5 Å². The van der Waals surface area contributed by atoms with Gasteiger partial charge in [0.1, 0.15) is 0 Å². The van der Waals surface area contributed by atoms with Crippen molar-refractivity contribution in [2.75, 3.05) is 18.4 Å². The number of urea groups is 1. The summed E-state index contributed by atoms with van der Waals surface area (Å²) in [6.45, 7) is 11.8. The van der Waals surface area contributed by atoms with Gasteiger partial charge in [-0.2, -0.15) is 0 Å². The van der Waals surface area contributed by atoms with Crippen molar-refractivity contribution in [1.29, 1.82) is 0 Å². The van der Waals surface area contributed by atoms with E-state index in [-0.39, 0.29) is 23.8 Å². The Hall–Kier alpha value is -1.59. The fourth-order valence-electron chi connectivity index (χ4n) is 2.76. The molecule has 0 radical (unpaired) electrons. The maximum absolute atomic E-state index is 12.4. The number of anilines is 1. The quantitative estimate of drug-likeness (QED) is 0.921. The predicted octanol–water partition coefficient (Wildman–Crippen LogP) is 3.64. The van der Waals surface area contributed by atoms with E-state index in [1.165, 1.54) is 0 Å². The summed E-state index contributed by atoms with van der Waals surface area (Å²) in [6, 6.07) is 7.69. The summed E-state index contributed by atoms with van der Waals surface area (Å²) in [7, 11) is 0. The van der Waals surface area contributed by atoms with E-state index in [1.807, 2.05) is 63.8 Å². The zero-order valence-electron chi connectivity index (χ0n) is 14.8. The molecule has 1 heterocycles. The average Bonchev–Trinajstić information content (AvgIpc) is 2.44. The fourth-order valence-corrected chi connectivity index (χ4v) is 2.76. The van der Waals surface area contributed by atoms with Crippen LogP contribution in [0.2, 0.25) is 0 Å². The van der Waals surface area contributed by atoms with Crippen LogP contribution >= 0.6 is 0 Å². The lowest BCUT2D eigenvalue weighted by Gasteiger charge is -2.41. The van der Waals surface area contributed by atoms with Crippen molar-refractivity contribution in [3.8, 4) is 0 Å². The van der Waals surface area contributed by atoms with Crippen molar-refractivity contribution in [3.05, 3.63) is 29.8 Å². The van der Waals surface area contributed by atoms with E-state index in [0.717, 1.165) is 11.3 Å². The number of amides is 2. The molecule has 1 N–H and O–H groups in total. The molecule has 1 aliphatic heterocycles. The lowest BCUT2D eigenvalue weighted by atomic mass is 10.1. The summed E-state index contributed by atoms with van der Waals surface area (Å²) in [5.74, 6) is 0. The third-order valence-electron chi connectivity index (χ3n) is 3.65. The zero-order chi connectivity index (χ0) is 17.0. The molecule has 1 aromatic carbocycles. The lowest BCUT2D eigenvalue weighted by Crippen LogP contribution is -2.54. The minimum Gasteiger partial charge on any atom is -0.374 e. The maximum atomic E-state index is 12.4. The molecular weight excluding hydrogens is 292 g/mol. The number of carbonyl (C=O) groups excluding carboxylic acids is 1. The van der Waals surface area contributed by atoms with Crippen molar-refractivity contribution in [2.45, 2.75) is 59.0 Å². The second-order valence-electron chi connectivity index (χ2n) is 7.06. The number of hydrogen-bond donors (Lipinski definition) is 1. The number of carbonyl (C=O) groups is 1. The Morgan fingerprint density at radius 1 is 1.39 bits per heavy atom. The summed E-state index contributed by atoms with van der Waals surface area (Å²) in [4.78, 5) is 14.2. The number of morpholine rings is 1. The Labute approximate surface area is 139 Å². The summed E-state index contributed by atoms with van der Waals surface area (Å²) in [5, 5.41) is 2.95. The van der Waals surface area contributed by atoms with E-state index in [0.29, 0.717) is 19.7 Å². The molecule has 0 unspecified atom stereocenters. The second kappa shape index (κ2) is 7.32. The smallest absolute Gasteiger partial charge is 0.322 e. The highest BCUT2D eigenvalue weighted by Gasteiger charge is 2.33.